The minimum atomic E-state index is -0.0858. The fourth-order valence-electron chi connectivity index (χ4n) is 5.09. The lowest BCUT2D eigenvalue weighted by Crippen LogP contribution is -2.25. The second kappa shape index (κ2) is 7.87. The minimum Gasteiger partial charge on any atom is -0.355 e. The molecule has 0 spiro atoms. The molecule has 4 heteroatoms. The van der Waals surface area contributed by atoms with Crippen molar-refractivity contribution in [1.29, 1.82) is 0 Å². The Labute approximate surface area is 178 Å². The molecule has 2 atom stereocenters. The largest absolute Gasteiger partial charge is 0.355 e. The number of benzene rings is 2. The van der Waals surface area contributed by atoms with Gasteiger partial charge in [0.05, 0.1) is 0 Å². The van der Waals surface area contributed by atoms with Gasteiger partial charge in [-0.3, -0.25) is 4.79 Å². The second-order valence-electron chi connectivity index (χ2n) is 8.77. The first-order chi connectivity index (χ1) is 13.9. The van der Waals surface area contributed by atoms with Gasteiger partial charge in [-0.1, -0.05) is 62.4 Å². The van der Waals surface area contributed by atoms with Crippen LogP contribution in [0.15, 0.2) is 54.6 Å². The fraction of sp³-hybridized carbons (Fsp3) is 0.400. The molecular formula is C25H29ClN2O. The first kappa shape index (κ1) is 20.0. The standard InChI is InChI=1S/C25H29ClN2O/c1-17-23(24-20(25(24,2)3)13-14-27-22(29)15-26)19-11-7-8-12-21(19)28(17)16-18-9-5-4-6-10-18/h4-12,20,24H,13-16H2,1-3H3,(H,27,29)/t20-,24+/m1/s1. The van der Waals surface area contributed by atoms with Crippen LogP contribution in [-0.2, 0) is 11.3 Å². The zero-order chi connectivity index (χ0) is 20.6. The number of carbonyl (C=O) groups excluding carboxylic acids is 1. The zero-order valence-corrected chi connectivity index (χ0v) is 18.2. The molecule has 4 rings (SSSR count). The third kappa shape index (κ3) is 3.69. The lowest BCUT2D eigenvalue weighted by atomic mass is 10.0. The molecule has 0 unspecified atom stereocenters. The van der Waals surface area contributed by atoms with Crippen LogP contribution in [0.25, 0.3) is 10.9 Å². The topological polar surface area (TPSA) is 34.0 Å². The molecule has 1 amide bonds. The molecular weight excluding hydrogens is 380 g/mol. The number of rotatable bonds is 7. The summed E-state index contributed by atoms with van der Waals surface area (Å²) in [7, 11) is 0. The molecule has 29 heavy (non-hydrogen) atoms. The lowest BCUT2D eigenvalue weighted by molar-refractivity contribution is -0.118. The van der Waals surface area contributed by atoms with Gasteiger partial charge in [-0.05, 0) is 47.8 Å². The van der Waals surface area contributed by atoms with E-state index in [0.717, 1.165) is 13.0 Å². The molecule has 0 saturated heterocycles. The number of hydrogen-bond acceptors (Lipinski definition) is 1. The number of aromatic nitrogens is 1. The van der Waals surface area contributed by atoms with Crippen LogP contribution >= 0.6 is 11.6 Å². The molecule has 1 aromatic heterocycles. The summed E-state index contributed by atoms with van der Waals surface area (Å²) in [5.74, 6) is 1.02. The normalized spacial score (nSPS) is 20.0. The first-order valence-corrected chi connectivity index (χ1v) is 10.9. The predicted octanol–water partition coefficient (Wildman–Crippen LogP) is 5.48. The van der Waals surface area contributed by atoms with Crippen molar-refractivity contribution in [3.8, 4) is 0 Å². The van der Waals surface area contributed by atoms with Crippen molar-refractivity contribution in [2.45, 2.75) is 39.7 Å². The smallest absolute Gasteiger partial charge is 0.234 e. The van der Waals surface area contributed by atoms with Crippen LogP contribution in [-0.4, -0.2) is 22.9 Å². The third-order valence-electron chi connectivity index (χ3n) is 6.72. The Morgan fingerprint density at radius 1 is 1.10 bits per heavy atom. The molecule has 0 bridgehead atoms. The van der Waals surface area contributed by atoms with Crippen LogP contribution in [0.2, 0.25) is 0 Å². The van der Waals surface area contributed by atoms with E-state index in [1.54, 1.807) is 0 Å². The molecule has 1 saturated carbocycles. The molecule has 0 radical (unpaired) electrons. The maximum absolute atomic E-state index is 11.5. The highest BCUT2D eigenvalue weighted by Crippen LogP contribution is 2.67. The molecule has 0 aliphatic heterocycles. The Morgan fingerprint density at radius 2 is 1.79 bits per heavy atom. The molecule has 2 aromatic carbocycles. The highest BCUT2D eigenvalue weighted by molar-refractivity contribution is 6.27. The van der Waals surface area contributed by atoms with Crippen LogP contribution in [0, 0.1) is 18.3 Å². The van der Waals surface area contributed by atoms with E-state index in [1.807, 2.05) is 0 Å². The summed E-state index contributed by atoms with van der Waals surface area (Å²) in [5, 5.41) is 4.29. The summed E-state index contributed by atoms with van der Waals surface area (Å²) >= 11 is 5.60. The van der Waals surface area contributed by atoms with Crippen molar-refractivity contribution in [1.82, 2.24) is 9.88 Å². The van der Waals surface area contributed by atoms with Gasteiger partial charge in [0.2, 0.25) is 5.91 Å². The number of amides is 1. The summed E-state index contributed by atoms with van der Waals surface area (Å²) < 4.78 is 2.46. The molecule has 1 aliphatic rings. The van der Waals surface area contributed by atoms with Crippen molar-refractivity contribution in [3.63, 3.8) is 0 Å². The third-order valence-corrected chi connectivity index (χ3v) is 6.97. The van der Waals surface area contributed by atoms with Crippen molar-refractivity contribution >= 4 is 28.4 Å². The highest BCUT2D eigenvalue weighted by Gasteiger charge is 2.58. The molecule has 152 valence electrons. The summed E-state index contributed by atoms with van der Waals surface area (Å²) in [6, 6.07) is 19.4. The van der Waals surface area contributed by atoms with Crippen molar-refractivity contribution in [2.75, 3.05) is 12.4 Å². The number of nitrogens with zero attached hydrogens (tertiary/aromatic N) is 1. The monoisotopic (exact) mass is 408 g/mol. The lowest BCUT2D eigenvalue weighted by Gasteiger charge is -2.10. The van der Waals surface area contributed by atoms with Gasteiger partial charge in [-0.2, -0.15) is 0 Å². The van der Waals surface area contributed by atoms with Crippen LogP contribution < -0.4 is 5.32 Å². The Hall–Kier alpha value is -2.26. The molecule has 3 nitrogen and oxygen atoms in total. The number of halogens is 1. The molecule has 1 N–H and O–H groups in total. The van der Waals surface area contributed by atoms with Crippen molar-refractivity contribution in [3.05, 3.63) is 71.4 Å². The maximum Gasteiger partial charge on any atom is 0.234 e. The zero-order valence-electron chi connectivity index (χ0n) is 17.4. The van der Waals surface area contributed by atoms with E-state index in [-0.39, 0.29) is 17.2 Å². The van der Waals surface area contributed by atoms with Gasteiger partial charge < -0.3 is 9.88 Å². The number of para-hydroxylation sites is 1. The summed E-state index contributed by atoms with van der Waals surface area (Å²) in [6.45, 7) is 8.55. The average Bonchev–Trinajstić information content (AvgIpc) is 3.14. The van der Waals surface area contributed by atoms with E-state index in [4.69, 9.17) is 11.6 Å². The molecule has 1 aliphatic carbocycles. The van der Waals surface area contributed by atoms with Gasteiger partial charge in [0, 0.05) is 29.7 Å². The number of nitrogens with one attached hydrogen (secondary N) is 1. The number of fused-ring (bicyclic) bond motifs is 1. The van der Waals surface area contributed by atoms with E-state index in [9.17, 15) is 4.79 Å². The van der Waals surface area contributed by atoms with E-state index in [2.05, 4.69) is 85.3 Å². The van der Waals surface area contributed by atoms with Crippen LogP contribution in [0.1, 0.15) is 43.0 Å². The number of carbonyl (C=O) groups is 1. The van der Waals surface area contributed by atoms with Crippen molar-refractivity contribution in [2.24, 2.45) is 11.3 Å². The Kier molecular flexibility index (Phi) is 5.44. The Balaban J connectivity index is 1.66. The van der Waals surface area contributed by atoms with E-state index in [1.165, 1.54) is 27.7 Å². The van der Waals surface area contributed by atoms with Gasteiger partial charge in [-0.25, -0.2) is 0 Å². The van der Waals surface area contributed by atoms with Gasteiger partial charge in [-0.15, -0.1) is 11.6 Å². The Morgan fingerprint density at radius 3 is 2.52 bits per heavy atom. The quantitative estimate of drug-likeness (QED) is 0.516. The van der Waals surface area contributed by atoms with E-state index >= 15 is 0 Å². The molecule has 3 aromatic rings. The van der Waals surface area contributed by atoms with E-state index < -0.39 is 0 Å². The van der Waals surface area contributed by atoms with Crippen LogP contribution in [0.4, 0.5) is 0 Å². The SMILES string of the molecule is Cc1c([C@@H]2[C@@H](CCNC(=O)CCl)C2(C)C)c2ccccc2n1Cc1ccccc1. The van der Waals surface area contributed by atoms with Gasteiger partial charge in [0.1, 0.15) is 5.88 Å². The van der Waals surface area contributed by atoms with Gasteiger partial charge >= 0.3 is 0 Å². The average molecular weight is 409 g/mol. The fourth-order valence-corrected chi connectivity index (χ4v) is 5.18. The highest BCUT2D eigenvalue weighted by atomic mass is 35.5. The molecule has 1 heterocycles. The van der Waals surface area contributed by atoms with Gasteiger partial charge in [0.25, 0.3) is 0 Å². The summed E-state index contributed by atoms with van der Waals surface area (Å²) in [4.78, 5) is 11.5. The maximum atomic E-state index is 11.5. The van der Waals surface area contributed by atoms with Crippen molar-refractivity contribution < 1.29 is 4.79 Å². The second-order valence-corrected chi connectivity index (χ2v) is 9.03. The van der Waals surface area contributed by atoms with E-state index in [0.29, 0.717) is 18.4 Å². The Bertz CT molecular complexity index is 1020. The summed E-state index contributed by atoms with van der Waals surface area (Å²) in [5.41, 5.74) is 5.70. The number of hydrogen-bond donors (Lipinski definition) is 1. The number of alkyl halides is 1. The minimum absolute atomic E-state index is 0.0313. The van der Waals surface area contributed by atoms with Gasteiger partial charge in [0.15, 0.2) is 0 Å². The molecule has 1 fully saturated rings. The van der Waals surface area contributed by atoms with Crippen LogP contribution in [0.3, 0.4) is 0 Å². The van der Waals surface area contributed by atoms with Crippen LogP contribution in [0.5, 0.6) is 0 Å². The first-order valence-electron chi connectivity index (χ1n) is 10.4. The summed E-state index contributed by atoms with van der Waals surface area (Å²) in [6.07, 6.45) is 0.984. The predicted molar refractivity (Wildman–Crippen MR) is 121 cm³/mol.